The van der Waals surface area contributed by atoms with Crippen LogP contribution < -0.4 is 4.90 Å². The maximum atomic E-state index is 11.2. The molecule has 0 saturated heterocycles. The molecule has 196 valence electrons. The first-order valence-corrected chi connectivity index (χ1v) is 13.0. The molecule has 1 heterocycles. The highest BCUT2D eigenvalue weighted by Gasteiger charge is 2.28. The summed E-state index contributed by atoms with van der Waals surface area (Å²) in [5.74, 6) is 1.87. The third-order valence-corrected chi connectivity index (χ3v) is 6.58. The fourth-order valence-electron chi connectivity index (χ4n) is 4.40. The van der Waals surface area contributed by atoms with E-state index >= 15 is 0 Å². The van der Waals surface area contributed by atoms with E-state index in [1.54, 1.807) is 7.11 Å². The number of aromatic nitrogens is 1. The molecular formula is C31H44N2O3. The number of phenolic OH excluding ortho intramolecular Hbond substituents is 1. The molecule has 2 aromatic carbocycles. The van der Waals surface area contributed by atoms with Crippen LogP contribution in [0, 0.1) is 0 Å². The van der Waals surface area contributed by atoms with Gasteiger partial charge in [0.05, 0.1) is 0 Å². The fraction of sp³-hybridized carbons (Fsp3) is 0.516. The highest BCUT2D eigenvalue weighted by molar-refractivity contribution is 5.69. The number of methoxy groups -OCH3 is 1. The van der Waals surface area contributed by atoms with Gasteiger partial charge in [-0.25, -0.2) is 4.98 Å². The molecule has 0 fully saturated rings. The van der Waals surface area contributed by atoms with Crippen LogP contribution in [0.2, 0.25) is 0 Å². The van der Waals surface area contributed by atoms with Crippen LogP contribution in [0.25, 0.3) is 22.7 Å². The number of nitrogens with zero attached hydrogens (tertiary/aromatic N) is 2. The number of benzene rings is 2. The minimum absolute atomic E-state index is 0.221. The Labute approximate surface area is 217 Å². The summed E-state index contributed by atoms with van der Waals surface area (Å²) in [4.78, 5) is 7.12. The second-order valence-corrected chi connectivity index (χ2v) is 12.0. The summed E-state index contributed by atoms with van der Waals surface area (Å²) >= 11 is 0. The van der Waals surface area contributed by atoms with Crippen molar-refractivity contribution in [3.05, 3.63) is 53.3 Å². The molecule has 0 unspecified atom stereocenters. The van der Waals surface area contributed by atoms with E-state index in [0.29, 0.717) is 11.6 Å². The molecule has 0 aliphatic carbocycles. The molecule has 1 N–H and O–H groups in total. The van der Waals surface area contributed by atoms with Gasteiger partial charge in [0.15, 0.2) is 0 Å². The van der Waals surface area contributed by atoms with Crippen LogP contribution in [-0.4, -0.2) is 37.9 Å². The number of hydrogen-bond donors (Lipinski definition) is 1. The minimum atomic E-state index is -0.221. The SMILES string of the molecule is COCCCCCc1oc(-c2cc(C(C)(C)C)c(O)c(C(C)(C)C)c2)nc1-c1ccc(N(C)C)cc1. The molecule has 0 spiro atoms. The zero-order valence-electron chi connectivity index (χ0n) is 23.7. The quantitative estimate of drug-likeness (QED) is 0.310. The smallest absolute Gasteiger partial charge is 0.226 e. The van der Waals surface area contributed by atoms with Crippen molar-refractivity contribution in [3.63, 3.8) is 0 Å². The largest absolute Gasteiger partial charge is 0.507 e. The summed E-state index contributed by atoms with van der Waals surface area (Å²) in [7, 11) is 5.83. The molecule has 0 aliphatic rings. The molecule has 0 aliphatic heterocycles. The van der Waals surface area contributed by atoms with E-state index in [2.05, 4.69) is 70.7 Å². The van der Waals surface area contributed by atoms with Crippen molar-refractivity contribution in [3.8, 4) is 28.5 Å². The molecule has 3 aromatic rings. The molecule has 36 heavy (non-hydrogen) atoms. The molecule has 5 heteroatoms. The van der Waals surface area contributed by atoms with Gasteiger partial charge in [0, 0.05) is 62.2 Å². The topological polar surface area (TPSA) is 58.7 Å². The van der Waals surface area contributed by atoms with E-state index in [1.165, 1.54) is 0 Å². The Kier molecular flexibility index (Phi) is 8.55. The van der Waals surface area contributed by atoms with Gasteiger partial charge < -0.3 is 19.2 Å². The van der Waals surface area contributed by atoms with Crippen molar-refractivity contribution in [2.75, 3.05) is 32.7 Å². The van der Waals surface area contributed by atoms with Crippen LogP contribution in [0.4, 0.5) is 5.69 Å². The molecule has 5 nitrogen and oxygen atoms in total. The zero-order chi connectivity index (χ0) is 26.7. The standard InChI is InChI=1S/C31H44N2O3/c1-30(2,3)24-19-22(20-25(28(24)34)31(4,5)6)29-32-27(21-14-16-23(17-15-21)33(7)8)26(36-29)13-11-10-12-18-35-9/h14-17,19-20,34H,10-13,18H2,1-9H3. The van der Waals surface area contributed by atoms with Crippen LogP contribution in [0.3, 0.4) is 0 Å². The van der Waals surface area contributed by atoms with E-state index < -0.39 is 0 Å². The second-order valence-electron chi connectivity index (χ2n) is 12.0. The first-order valence-electron chi connectivity index (χ1n) is 13.0. The van der Waals surface area contributed by atoms with E-state index in [0.717, 1.165) is 71.7 Å². The van der Waals surface area contributed by atoms with Gasteiger partial charge >= 0.3 is 0 Å². The molecular weight excluding hydrogens is 448 g/mol. The summed E-state index contributed by atoms with van der Waals surface area (Å²) in [5, 5.41) is 11.2. The fourth-order valence-corrected chi connectivity index (χ4v) is 4.40. The van der Waals surface area contributed by atoms with Gasteiger partial charge in [0.25, 0.3) is 0 Å². The van der Waals surface area contributed by atoms with Gasteiger partial charge in [-0.3, -0.25) is 0 Å². The van der Waals surface area contributed by atoms with Crippen molar-refractivity contribution < 1.29 is 14.3 Å². The number of hydrogen-bond acceptors (Lipinski definition) is 5. The minimum Gasteiger partial charge on any atom is -0.507 e. The van der Waals surface area contributed by atoms with Crippen LogP contribution in [0.5, 0.6) is 5.75 Å². The molecule has 0 atom stereocenters. The van der Waals surface area contributed by atoms with Crippen molar-refractivity contribution in [1.29, 1.82) is 0 Å². The number of anilines is 1. The van der Waals surface area contributed by atoms with Crippen molar-refractivity contribution in [1.82, 2.24) is 4.98 Å². The Morgan fingerprint density at radius 2 is 1.44 bits per heavy atom. The summed E-state index contributed by atoms with van der Waals surface area (Å²) in [6, 6.07) is 12.5. The van der Waals surface area contributed by atoms with E-state index in [1.807, 2.05) is 26.2 Å². The van der Waals surface area contributed by atoms with Crippen molar-refractivity contribution >= 4 is 5.69 Å². The Bertz CT molecular complexity index is 1110. The number of aromatic hydroxyl groups is 1. The summed E-state index contributed by atoms with van der Waals surface area (Å²) in [5.41, 5.74) is 5.36. The Hall–Kier alpha value is -2.79. The lowest BCUT2D eigenvalue weighted by atomic mass is 9.78. The lowest BCUT2D eigenvalue weighted by molar-refractivity contribution is 0.192. The Balaban J connectivity index is 2.10. The average molecular weight is 493 g/mol. The number of unbranched alkanes of at least 4 members (excludes halogenated alkanes) is 2. The highest BCUT2D eigenvalue weighted by Crippen LogP contribution is 2.42. The van der Waals surface area contributed by atoms with E-state index in [4.69, 9.17) is 14.1 Å². The van der Waals surface area contributed by atoms with Crippen molar-refractivity contribution in [2.24, 2.45) is 0 Å². The normalized spacial score (nSPS) is 12.2. The lowest BCUT2D eigenvalue weighted by Gasteiger charge is -2.27. The van der Waals surface area contributed by atoms with Crippen LogP contribution in [-0.2, 0) is 22.0 Å². The monoisotopic (exact) mass is 492 g/mol. The molecule has 0 radical (unpaired) electrons. The summed E-state index contributed by atoms with van der Waals surface area (Å²) in [6.07, 6.45) is 3.94. The Morgan fingerprint density at radius 3 is 1.94 bits per heavy atom. The van der Waals surface area contributed by atoms with Gasteiger partial charge in [-0.2, -0.15) is 0 Å². The van der Waals surface area contributed by atoms with Crippen LogP contribution in [0.1, 0.15) is 77.7 Å². The van der Waals surface area contributed by atoms with E-state index in [9.17, 15) is 5.11 Å². The zero-order valence-corrected chi connectivity index (χ0v) is 23.7. The van der Waals surface area contributed by atoms with E-state index in [-0.39, 0.29) is 10.8 Å². The first kappa shape index (κ1) is 27.8. The second kappa shape index (κ2) is 11.1. The Morgan fingerprint density at radius 1 is 0.861 bits per heavy atom. The number of ether oxygens (including phenoxy) is 1. The highest BCUT2D eigenvalue weighted by atomic mass is 16.5. The summed E-state index contributed by atoms with van der Waals surface area (Å²) in [6.45, 7) is 13.5. The molecule has 3 rings (SSSR count). The molecule has 1 aromatic heterocycles. The maximum absolute atomic E-state index is 11.2. The number of oxazole rings is 1. The van der Waals surface area contributed by atoms with Gasteiger partial charge in [-0.05, 0) is 47.9 Å². The summed E-state index contributed by atoms with van der Waals surface area (Å²) < 4.78 is 11.7. The number of aryl methyl sites for hydroxylation is 1. The predicted molar refractivity (Wildman–Crippen MR) is 150 cm³/mol. The maximum Gasteiger partial charge on any atom is 0.226 e. The van der Waals surface area contributed by atoms with Gasteiger partial charge in [-0.1, -0.05) is 60.1 Å². The number of phenols is 1. The predicted octanol–water partition coefficient (Wildman–Crippen LogP) is 7.73. The first-order chi connectivity index (χ1) is 16.8. The molecule has 0 amide bonds. The molecule has 0 bridgehead atoms. The lowest BCUT2D eigenvalue weighted by Crippen LogP contribution is -2.17. The van der Waals surface area contributed by atoms with Crippen molar-refractivity contribution in [2.45, 2.75) is 78.1 Å². The third kappa shape index (κ3) is 6.50. The third-order valence-electron chi connectivity index (χ3n) is 6.58. The van der Waals surface area contributed by atoms with Gasteiger partial charge in [0.2, 0.25) is 5.89 Å². The van der Waals surface area contributed by atoms with Crippen LogP contribution >= 0.6 is 0 Å². The number of rotatable bonds is 9. The van der Waals surface area contributed by atoms with Crippen LogP contribution in [0.15, 0.2) is 40.8 Å². The average Bonchev–Trinajstić information content (AvgIpc) is 3.21. The molecule has 0 saturated carbocycles. The van der Waals surface area contributed by atoms with Gasteiger partial charge in [-0.15, -0.1) is 0 Å². The van der Waals surface area contributed by atoms with Gasteiger partial charge in [0.1, 0.15) is 17.2 Å².